The van der Waals surface area contributed by atoms with Crippen LogP contribution in [0.5, 0.6) is 5.75 Å². The molecule has 2 amide bonds. The van der Waals surface area contributed by atoms with E-state index in [4.69, 9.17) is 4.74 Å². The van der Waals surface area contributed by atoms with Crippen LogP contribution in [0.1, 0.15) is 22.0 Å². The predicted molar refractivity (Wildman–Crippen MR) is 96.8 cm³/mol. The second kappa shape index (κ2) is 8.18. The minimum absolute atomic E-state index is 0.154. The summed E-state index contributed by atoms with van der Waals surface area (Å²) in [5, 5.41) is 10.2. The fourth-order valence-corrected chi connectivity index (χ4v) is 3.08. The van der Waals surface area contributed by atoms with E-state index < -0.39 is 17.8 Å². The van der Waals surface area contributed by atoms with Gasteiger partial charge in [0.1, 0.15) is 11.6 Å². The minimum Gasteiger partial charge on any atom is -0.496 e. The van der Waals surface area contributed by atoms with Crippen LogP contribution in [-0.4, -0.2) is 60.0 Å². The molecule has 1 aliphatic rings. The molecular formula is C20H21FN2O4. The van der Waals surface area contributed by atoms with Crippen molar-refractivity contribution in [3.63, 3.8) is 0 Å². The lowest BCUT2D eigenvalue weighted by atomic mass is 10.1. The molecule has 0 aromatic heterocycles. The van der Waals surface area contributed by atoms with E-state index in [0.29, 0.717) is 43.1 Å². The van der Waals surface area contributed by atoms with Crippen molar-refractivity contribution in [2.75, 3.05) is 33.3 Å². The van der Waals surface area contributed by atoms with Gasteiger partial charge >= 0.3 is 0 Å². The van der Waals surface area contributed by atoms with Gasteiger partial charge in [-0.05, 0) is 29.8 Å². The number of rotatable bonds is 4. The summed E-state index contributed by atoms with van der Waals surface area (Å²) in [6.07, 6.45) is -1.35. The molecule has 1 atom stereocenters. The third-order valence-corrected chi connectivity index (χ3v) is 4.64. The number of piperazine rings is 1. The Hall–Kier alpha value is -2.93. The molecule has 2 aromatic rings. The zero-order valence-electron chi connectivity index (χ0n) is 15.0. The summed E-state index contributed by atoms with van der Waals surface area (Å²) in [7, 11) is 1.51. The Morgan fingerprint density at radius 2 is 1.59 bits per heavy atom. The first-order chi connectivity index (χ1) is 13.0. The zero-order chi connectivity index (χ0) is 19.4. The zero-order valence-corrected chi connectivity index (χ0v) is 15.0. The normalized spacial score (nSPS) is 15.4. The molecule has 1 heterocycles. The Labute approximate surface area is 156 Å². The van der Waals surface area contributed by atoms with Crippen LogP contribution in [0.2, 0.25) is 0 Å². The summed E-state index contributed by atoms with van der Waals surface area (Å²) in [5.41, 5.74) is 0.819. The van der Waals surface area contributed by atoms with Crippen LogP contribution >= 0.6 is 0 Å². The number of carbonyl (C=O) groups is 2. The van der Waals surface area contributed by atoms with Crippen LogP contribution in [0, 0.1) is 5.82 Å². The van der Waals surface area contributed by atoms with Gasteiger partial charge in [0.2, 0.25) is 0 Å². The Morgan fingerprint density at radius 3 is 2.22 bits per heavy atom. The summed E-state index contributed by atoms with van der Waals surface area (Å²) in [6.45, 7) is 1.35. The van der Waals surface area contributed by atoms with E-state index in [0.717, 1.165) is 0 Å². The predicted octanol–water partition coefficient (Wildman–Crippen LogP) is 1.85. The van der Waals surface area contributed by atoms with Gasteiger partial charge in [-0.1, -0.05) is 24.3 Å². The number of nitrogens with zero attached hydrogens (tertiary/aromatic N) is 2. The van der Waals surface area contributed by atoms with Crippen LogP contribution in [0.3, 0.4) is 0 Å². The molecule has 0 spiro atoms. The maximum absolute atomic E-state index is 13.0. The molecule has 1 N–H and O–H groups in total. The molecule has 3 rings (SSSR count). The van der Waals surface area contributed by atoms with E-state index in [9.17, 15) is 19.1 Å². The van der Waals surface area contributed by atoms with Crippen LogP contribution in [0.15, 0.2) is 48.5 Å². The number of para-hydroxylation sites is 1. The van der Waals surface area contributed by atoms with Gasteiger partial charge in [0.05, 0.1) is 12.7 Å². The monoisotopic (exact) mass is 372 g/mol. The number of halogens is 1. The first-order valence-electron chi connectivity index (χ1n) is 8.66. The molecule has 0 saturated carbocycles. The number of aliphatic hydroxyl groups excluding tert-OH is 1. The highest BCUT2D eigenvalue weighted by molar-refractivity contribution is 5.97. The Balaban J connectivity index is 1.62. The first kappa shape index (κ1) is 18.8. The first-order valence-corrected chi connectivity index (χ1v) is 8.66. The van der Waals surface area contributed by atoms with E-state index in [1.807, 2.05) is 0 Å². The summed E-state index contributed by atoms with van der Waals surface area (Å²) in [5.74, 6) is -0.528. The number of amides is 2. The molecule has 2 aromatic carbocycles. The molecule has 7 heteroatoms. The van der Waals surface area contributed by atoms with Gasteiger partial charge in [0.25, 0.3) is 11.8 Å². The van der Waals surface area contributed by atoms with Gasteiger partial charge in [-0.15, -0.1) is 0 Å². The van der Waals surface area contributed by atoms with E-state index >= 15 is 0 Å². The van der Waals surface area contributed by atoms with Crippen molar-refractivity contribution < 1.29 is 23.8 Å². The summed E-state index contributed by atoms with van der Waals surface area (Å²) in [6, 6.07) is 12.2. The van der Waals surface area contributed by atoms with Crippen molar-refractivity contribution in [2.45, 2.75) is 6.10 Å². The number of hydrogen-bond donors (Lipinski definition) is 1. The highest BCUT2D eigenvalue weighted by Crippen LogP contribution is 2.21. The van der Waals surface area contributed by atoms with E-state index in [2.05, 4.69) is 0 Å². The molecular weight excluding hydrogens is 351 g/mol. The second-order valence-corrected chi connectivity index (χ2v) is 6.27. The SMILES string of the molecule is COc1ccccc1C(=O)N1CCN(C(=O)C(O)c2ccc(F)cc2)CC1. The van der Waals surface area contributed by atoms with Gasteiger partial charge in [-0.2, -0.15) is 0 Å². The number of aliphatic hydroxyl groups is 1. The third-order valence-electron chi connectivity index (χ3n) is 4.64. The van der Waals surface area contributed by atoms with Crippen LogP contribution in [0.25, 0.3) is 0 Å². The molecule has 0 bridgehead atoms. The lowest BCUT2D eigenvalue weighted by molar-refractivity contribution is -0.142. The molecule has 0 radical (unpaired) electrons. The standard InChI is InChI=1S/C20H21FN2O4/c1-27-17-5-3-2-4-16(17)19(25)22-10-12-23(13-11-22)20(26)18(24)14-6-8-15(21)9-7-14/h2-9,18,24H,10-13H2,1H3. The Bertz CT molecular complexity index is 817. The van der Waals surface area contributed by atoms with Crippen LogP contribution < -0.4 is 4.74 Å². The van der Waals surface area contributed by atoms with E-state index in [-0.39, 0.29) is 5.91 Å². The highest BCUT2D eigenvalue weighted by atomic mass is 19.1. The van der Waals surface area contributed by atoms with E-state index in [1.165, 1.54) is 36.3 Å². The quantitative estimate of drug-likeness (QED) is 0.889. The van der Waals surface area contributed by atoms with Crippen molar-refractivity contribution >= 4 is 11.8 Å². The van der Waals surface area contributed by atoms with Gasteiger partial charge in [0, 0.05) is 26.2 Å². The number of ether oxygens (including phenoxy) is 1. The van der Waals surface area contributed by atoms with Gasteiger partial charge in [0.15, 0.2) is 6.10 Å². The average Bonchev–Trinajstić information content (AvgIpc) is 2.72. The molecule has 1 saturated heterocycles. The van der Waals surface area contributed by atoms with Crippen LogP contribution in [0.4, 0.5) is 4.39 Å². The molecule has 0 aliphatic carbocycles. The van der Waals surface area contributed by atoms with E-state index in [1.54, 1.807) is 29.2 Å². The average molecular weight is 372 g/mol. The second-order valence-electron chi connectivity index (χ2n) is 6.27. The fraction of sp³-hybridized carbons (Fsp3) is 0.300. The van der Waals surface area contributed by atoms with Crippen LogP contribution in [-0.2, 0) is 4.79 Å². The van der Waals surface area contributed by atoms with Gasteiger partial charge in [-0.25, -0.2) is 4.39 Å². The molecule has 1 unspecified atom stereocenters. The smallest absolute Gasteiger partial charge is 0.257 e. The van der Waals surface area contributed by atoms with Crippen molar-refractivity contribution in [3.05, 3.63) is 65.5 Å². The number of carbonyl (C=O) groups excluding carboxylic acids is 2. The maximum Gasteiger partial charge on any atom is 0.257 e. The van der Waals surface area contributed by atoms with Crippen molar-refractivity contribution in [1.29, 1.82) is 0 Å². The maximum atomic E-state index is 13.0. The summed E-state index contributed by atoms with van der Waals surface area (Å²) >= 11 is 0. The summed E-state index contributed by atoms with van der Waals surface area (Å²) in [4.78, 5) is 28.4. The number of benzene rings is 2. The van der Waals surface area contributed by atoms with Gasteiger partial charge in [-0.3, -0.25) is 9.59 Å². The van der Waals surface area contributed by atoms with Crippen molar-refractivity contribution in [3.8, 4) is 5.75 Å². The number of hydrogen-bond acceptors (Lipinski definition) is 4. The lowest BCUT2D eigenvalue weighted by Crippen LogP contribution is -2.51. The minimum atomic E-state index is -1.35. The van der Waals surface area contributed by atoms with Crippen molar-refractivity contribution in [2.24, 2.45) is 0 Å². The molecule has 142 valence electrons. The number of methoxy groups -OCH3 is 1. The Kier molecular flexibility index (Phi) is 5.71. The largest absolute Gasteiger partial charge is 0.496 e. The molecule has 1 aliphatic heterocycles. The highest BCUT2D eigenvalue weighted by Gasteiger charge is 2.29. The van der Waals surface area contributed by atoms with Gasteiger partial charge < -0.3 is 19.6 Å². The summed E-state index contributed by atoms with van der Waals surface area (Å²) < 4.78 is 18.2. The van der Waals surface area contributed by atoms with Crippen molar-refractivity contribution in [1.82, 2.24) is 9.80 Å². The topological polar surface area (TPSA) is 70.1 Å². The molecule has 1 fully saturated rings. The fourth-order valence-electron chi connectivity index (χ4n) is 3.08. The third kappa shape index (κ3) is 4.09. The molecule has 6 nitrogen and oxygen atoms in total. The lowest BCUT2D eigenvalue weighted by Gasteiger charge is -2.35. The Morgan fingerprint density at radius 1 is 1.00 bits per heavy atom. The molecule has 27 heavy (non-hydrogen) atoms.